The van der Waals surface area contributed by atoms with E-state index in [0.717, 1.165) is 14.5 Å². The van der Waals surface area contributed by atoms with Crippen molar-refractivity contribution in [3.05, 3.63) is 45.3 Å². The summed E-state index contributed by atoms with van der Waals surface area (Å²) in [6.07, 6.45) is 1.53. The number of carbonyl (C=O) groups excluding carboxylic acids is 1. The van der Waals surface area contributed by atoms with E-state index in [1.54, 1.807) is 25.1 Å². The molecule has 0 amide bonds. The molecule has 0 aliphatic rings. The van der Waals surface area contributed by atoms with E-state index < -0.39 is 0 Å². The predicted octanol–water partition coefficient (Wildman–Crippen LogP) is 2.92. The number of fused-ring (bicyclic) bond motifs is 1. The first kappa shape index (κ1) is 13.6. The Kier molecular flexibility index (Phi) is 3.90. The SMILES string of the molecule is CN(C)/C=C(/C#N)C(=O)c1cc2ccc(I)cc2[nH]1. The maximum absolute atomic E-state index is 12.2. The lowest BCUT2D eigenvalue weighted by Crippen LogP contribution is -2.09. The molecular weight excluding hydrogens is 353 g/mol. The van der Waals surface area contributed by atoms with E-state index in [1.807, 2.05) is 24.3 Å². The molecule has 2 aromatic rings. The van der Waals surface area contributed by atoms with Crippen LogP contribution in [0.3, 0.4) is 0 Å². The van der Waals surface area contributed by atoms with Crippen molar-refractivity contribution in [2.45, 2.75) is 0 Å². The lowest BCUT2D eigenvalue weighted by atomic mass is 10.1. The number of benzene rings is 1. The molecule has 1 aromatic carbocycles. The number of nitrogens with one attached hydrogen (secondary N) is 1. The minimum atomic E-state index is -0.289. The number of rotatable bonds is 3. The molecule has 0 atom stereocenters. The Morgan fingerprint density at radius 1 is 1.42 bits per heavy atom. The van der Waals surface area contributed by atoms with Crippen molar-refractivity contribution >= 4 is 39.3 Å². The number of H-pyrrole nitrogens is 1. The molecule has 0 bridgehead atoms. The summed E-state index contributed by atoms with van der Waals surface area (Å²) < 4.78 is 1.09. The fraction of sp³-hybridized carbons (Fsp3) is 0.143. The van der Waals surface area contributed by atoms with Crippen molar-refractivity contribution < 1.29 is 4.79 Å². The van der Waals surface area contributed by atoms with Gasteiger partial charge in [-0.1, -0.05) is 6.07 Å². The van der Waals surface area contributed by atoms with E-state index in [2.05, 4.69) is 27.6 Å². The predicted molar refractivity (Wildman–Crippen MR) is 82.7 cm³/mol. The van der Waals surface area contributed by atoms with Crippen molar-refractivity contribution in [2.24, 2.45) is 0 Å². The highest BCUT2D eigenvalue weighted by Crippen LogP contribution is 2.20. The van der Waals surface area contributed by atoms with Gasteiger partial charge in [0.1, 0.15) is 11.6 Å². The topological polar surface area (TPSA) is 59.9 Å². The summed E-state index contributed by atoms with van der Waals surface area (Å²) in [6, 6.07) is 9.60. The molecule has 0 unspecified atom stereocenters. The first-order valence-electron chi connectivity index (χ1n) is 5.62. The number of nitriles is 1. The van der Waals surface area contributed by atoms with Crippen LogP contribution in [0.2, 0.25) is 0 Å². The highest BCUT2D eigenvalue weighted by Gasteiger charge is 2.15. The molecule has 1 N–H and O–H groups in total. The lowest BCUT2D eigenvalue weighted by molar-refractivity contribution is 0.103. The second-order valence-corrected chi connectivity index (χ2v) is 5.61. The van der Waals surface area contributed by atoms with Crippen molar-refractivity contribution in [3.8, 4) is 6.07 Å². The Hall–Kier alpha value is -1.81. The van der Waals surface area contributed by atoms with Gasteiger partial charge >= 0.3 is 0 Å². The second kappa shape index (κ2) is 5.45. The summed E-state index contributed by atoms with van der Waals surface area (Å²) in [4.78, 5) is 17.0. The van der Waals surface area contributed by atoms with Crippen LogP contribution >= 0.6 is 22.6 Å². The average Bonchev–Trinajstić information content (AvgIpc) is 2.77. The van der Waals surface area contributed by atoms with Gasteiger partial charge in [-0.05, 0) is 40.8 Å². The van der Waals surface area contributed by atoms with Crippen molar-refractivity contribution in [1.82, 2.24) is 9.88 Å². The first-order valence-corrected chi connectivity index (χ1v) is 6.70. The molecule has 1 heterocycles. The Morgan fingerprint density at radius 2 is 2.16 bits per heavy atom. The number of aromatic amines is 1. The van der Waals surface area contributed by atoms with Gasteiger partial charge in [-0.15, -0.1) is 0 Å². The maximum atomic E-state index is 12.2. The van der Waals surface area contributed by atoms with Crippen LogP contribution in [-0.4, -0.2) is 29.8 Å². The third-order valence-corrected chi connectivity index (χ3v) is 3.25. The Balaban J connectivity index is 2.44. The number of carbonyl (C=O) groups is 1. The summed E-state index contributed by atoms with van der Waals surface area (Å²) in [5.41, 5.74) is 1.45. The minimum absolute atomic E-state index is 0.117. The van der Waals surface area contributed by atoms with E-state index in [4.69, 9.17) is 5.26 Å². The molecule has 96 valence electrons. The Labute approximate surface area is 124 Å². The molecule has 19 heavy (non-hydrogen) atoms. The smallest absolute Gasteiger partial charge is 0.221 e. The van der Waals surface area contributed by atoms with E-state index in [1.165, 1.54) is 6.20 Å². The van der Waals surface area contributed by atoms with Gasteiger partial charge in [0.15, 0.2) is 0 Å². The van der Waals surface area contributed by atoms with E-state index in [0.29, 0.717) is 5.69 Å². The Morgan fingerprint density at radius 3 is 2.79 bits per heavy atom. The van der Waals surface area contributed by atoms with E-state index in [9.17, 15) is 4.79 Å². The van der Waals surface area contributed by atoms with Crippen LogP contribution in [0.25, 0.3) is 10.9 Å². The number of nitrogens with zero attached hydrogens (tertiary/aromatic N) is 2. The number of ketones is 1. The summed E-state index contributed by atoms with van der Waals surface area (Å²) >= 11 is 2.22. The third-order valence-electron chi connectivity index (χ3n) is 2.58. The largest absolute Gasteiger partial charge is 0.382 e. The number of hydrogen-bond donors (Lipinski definition) is 1. The minimum Gasteiger partial charge on any atom is -0.382 e. The third kappa shape index (κ3) is 2.96. The quantitative estimate of drug-likeness (QED) is 0.394. The highest BCUT2D eigenvalue weighted by molar-refractivity contribution is 14.1. The lowest BCUT2D eigenvalue weighted by Gasteiger charge is -2.04. The van der Waals surface area contributed by atoms with Crippen molar-refractivity contribution in [2.75, 3.05) is 14.1 Å². The molecule has 1 aromatic heterocycles. The van der Waals surface area contributed by atoms with Crippen LogP contribution in [0, 0.1) is 14.9 Å². The number of Topliss-reactive ketones (excluding diaryl/α,β-unsaturated/α-hetero) is 1. The molecule has 0 saturated heterocycles. The standard InChI is InChI=1S/C14H12IN3O/c1-18(2)8-10(7-16)14(19)13-5-9-3-4-11(15)6-12(9)17-13/h3-6,8,17H,1-2H3/b10-8-. The fourth-order valence-corrected chi connectivity index (χ4v) is 2.25. The number of aromatic nitrogens is 1. The van der Waals surface area contributed by atoms with E-state index >= 15 is 0 Å². The summed E-state index contributed by atoms with van der Waals surface area (Å²) in [5.74, 6) is -0.289. The average molecular weight is 365 g/mol. The molecular formula is C14H12IN3O. The normalized spacial score (nSPS) is 11.4. The number of halogens is 1. The number of allylic oxidation sites excluding steroid dienone is 1. The van der Waals surface area contributed by atoms with E-state index in [-0.39, 0.29) is 11.4 Å². The molecule has 0 fully saturated rings. The van der Waals surface area contributed by atoms with Gasteiger partial charge in [0, 0.05) is 34.8 Å². The van der Waals surface area contributed by atoms with Crippen LogP contribution < -0.4 is 0 Å². The van der Waals surface area contributed by atoms with Gasteiger partial charge in [-0.3, -0.25) is 4.79 Å². The molecule has 5 heteroatoms. The zero-order chi connectivity index (χ0) is 14.0. The summed E-state index contributed by atoms with van der Waals surface area (Å²) in [5, 5.41) is 10.0. The number of hydrogen-bond acceptors (Lipinski definition) is 3. The van der Waals surface area contributed by atoms with Crippen LogP contribution in [0.4, 0.5) is 0 Å². The molecule has 0 aliphatic carbocycles. The fourth-order valence-electron chi connectivity index (χ4n) is 1.76. The van der Waals surface area contributed by atoms with Gasteiger partial charge in [0.2, 0.25) is 5.78 Å². The highest BCUT2D eigenvalue weighted by atomic mass is 127. The van der Waals surface area contributed by atoms with Crippen LogP contribution in [0.1, 0.15) is 10.5 Å². The Bertz CT molecular complexity index is 707. The molecule has 4 nitrogen and oxygen atoms in total. The molecule has 2 rings (SSSR count). The monoisotopic (exact) mass is 365 g/mol. The van der Waals surface area contributed by atoms with Gasteiger partial charge in [-0.25, -0.2) is 0 Å². The summed E-state index contributed by atoms with van der Waals surface area (Å²) in [6.45, 7) is 0. The molecule has 0 spiro atoms. The zero-order valence-corrected chi connectivity index (χ0v) is 12.7. The molecule has 0 aliphatic heterocycles. The van der Waals surface area contributed by atoms with Gasteiger partial charge in [0.25, 0.3) is 0 Å². The second-order valence-electron chi connectivity index (χ2n) is 4.36. The summed E-state index contributed by atoms with van der Waals surface area (Å²) in [7, 11) is 3.55. The zero-order valence-electron chi connectivity index (χ0n) is 10.6. The van der Waals surface area contributed by atoms with Crippen LogP contribution in [0.5, 0.6) is 0 Å². The maximum Gasteiger partial charge on any atom is 0.221 e. The molecule has 0 saturated carbocycles. The van der Waals surface area contributed by atoms with Crippen molar-refractivity contribution in [3.63, 3.8) is 0 Å². The molecule has 0 radical (unpaired) electrons. The van der Waals surface area contributed by atoms with Gasteiger partial charge in [-0.2, -0.15) is 5.26 Å². The van der Waals surface area contributed by atoms with Gasteiger partial charge in [0.05, 0.1) is 5.69 Å². The van der Waals surface area contributed by atoms with Crippen molar-refractivity contribution in [1.29, 1.82) is 5.26 Å². The van der Waals surface area contributed by atoms with Crippen LogP contribution in [0.15, 0.2) is 36.0 Å². The van der Waals surface area contributed by atoms with Gasteiger partial charge < -0.3 is 9.88 Å². The van der Waals surface area contributed by atoms with Crippen LogP contribution in [-0.2, 0) is 0 Å². The first-order chi connectivity index (χ1) is 9.01.